The molecule has 0 heterocycles. The largest absolute Gasteiger partial charge is 0.496 e. The lowest BCUT2D eigenvalue weighted by molar-refractivity contribution is -0.0501. The second kappa shape index (κ2) is 6.67. The number of carbonyl (C=O) groups is 1. The smallest absolute Gasteiger partial charge is 0.387 e. The molecule has 0 aromatic heterocycles. The van der Waals surface area contributed by atoms with Crippen LogP contribution in [0, 0.1) is 0 Å². The number of para-hydroxylation sites is 1. The van der Waals surface area contributed by atoms with Crippen LogP contribution in [0.1, 0.15) is 15.9 Å². The zero-order valence-corrected chi connectivity index (χ0v) is 12.6. The minimum absolute atomic E-state index is 0.0502. The average molecular weight is 357 g/mol. The Morgan fingerprint density at radius 2 is 1.81 bits per heavy atom. The molecule has 0 saturated carbocycles. The van der Waals surface area contributed by atoms with Crippen molar-refractivity contribution in [3.63, 3.8) is 0 Å². The summed E-state index contributed by atoms with van der Waals surface area (Å²) in [5.74, 6) is -0.265. The van der Waals surface area contributed by atoms with Crippen molar-refractivity contribution in [3.8, 4) is 11.5 Å². The van der Waals surface area contributed by atoms with E-state index < -0.39 is 12.4 Å². The van der Waals surface area contributed by atoms with Crippen LogP contribution in [0.3, 0.4) is 0 Å². The van der Waals surface area contributed by atoms with E-state index in [2.05, 4.69) is 20.7 Å². The molecule has 2 aromatic rings. The van der Waals surface area contributed by atoms with Crippen molar-refractivity contribution in [2.45, 2.75) is 6.61 Å². The van der Waals surface area contributed by atoms with Crippen LogP contribution in [0.25, 0.3) is 0 Å². The average Bonchev–Trinajstić information content (AvgIpc) is 2.46. The van der Waals surface area contributed by atoms with Crippen molar-refractivity contribution in [2.75, 3.05) is 7.11 Å². The Labute approximate surface area is 128 Å². The third-order valence-electron chi connectivity index (χ3n) is 2.75. The summed E-state index contributed by atoms with van der Waals surface area (Å²) in [4.78, 5) is 12.6. The summed E-state index contributed by atoms with van der Waals surface area (Å²) in [5.41, 5.74) is 0.311. The summed E-state index contributed by atoms with van der Waals surface area (Å²) >= 11 is 3.27. The summed E-state index contributed by atoms with van der Waals surface area (Å²) in [6.07, 6.45) is 0. The van der Waals surface area contributed by atoms with E-state index in [1.165, 1.54) is 25.3 Å². The molecule has 0 unspecified atom stereocenters. The minimum Gasteiger partial charge on any atom is -0.496 e. The summed E-state index contributed by atoms with van der Waals surface area (Å²) in [7, 11) is 1.43. The number of rotatable bonds is 5. The van der Waals surface area contributed by atoms with Gasteiger partial charge >= 0.3 is 6.61 Å². The molecular weight excluding hydrogens is 346 g/mol. The number of methoxy groups -OCH3 is 1. The quantitative estimate of drug-likeness (QED) is 0.749. The molecule has 6 heteroatoms. The molecule has 0 radical (unpaired) electrons. The summed E-state index contributed by atoms with van der Waals surface area (Å²) in [6, 6.07) is 10.8. The van der Waals surface area contributed by atoms with Gasteiger partial charge in [-0.15, -0.1) is 0 Å². The number of alkyl halides is 2. The Kier molecular flexibility index (Phi) is 4.90. The van der Waals surface area contributed by atoms with Gasteiger partial charge < -0.3 is 9.47 Å². The first kappa shape index (κ1) is 15.4. The lowest BCUT2D eigenvalue weighted by Crippen LogP contribution is -2.09. The van der Waals surface area contributed by atoms with E-state index in [0.717, 1.165) is 0 Å². The van der Waals surface area contributed by atoms with Crippen molar-refractivity contribution in [1.82, 2.24) is 0 Å². The maximum atomic E-state index is 12.6. The molecule has 0 N–H and O–H groups in total. The van der Waals surface area contributed by atoms with Crippen LogP contribution in [-0.4, -0.2) is 19.5 Å². The molecule has 2 rings (SSSR count). The molecule has 2 aromatic carbocycles. The molecule has 0 amide bonds. The fraction of sp³-hybridized carbons (Fsp3) is 0.133. The van der Waals surface area contributed by atoms with Crippen LogP contribution >= 0.6 is 15.9 Å². The van der Waals surface area contributed by atoms with Crippen LogP contribution in [0.4, 0.5) is 8.78 Å². The van der Waals surface area contributed by atoms with Gasteiger partial charge in [-0.25, -0.2) is 0 Å². The van der Waals surface area contributed by atoms with Crippen molar-refractivity contribution in [3.05, 3.63) is 58.1 Å². The SMILES string of the molecule is COc1ccc(Br)cc1C(=O)c1ccccc1OC(F)F. The first-order valence-corrected chi connectivity index (χ1v) is 6.74. The maximum absolute atomic E-state index is 12.6. The van der Waals surface area contributed by atoms with E-state index in [9.17, 15) is 13.6 Å². The standard InChI is InChI=1S/C15H11BrF2O3/c1-20-12-7-6-9(16)8-11(12)14(19)10-4-2-3-5-13(10)21-15(17)18/h2-8,15H,1H3. The first-order valence-electron chi connectivity index (χ1n) is 5.95. The van der Waals surface area contributed by atoms with Crippen LogP contribution in [0.15, 0.2) is 46.9 Å². The van der Waals surface area contributed by atoms with E-state index in [0.29, 0.717) is 10.2 Å². The zero-order chi connectivity index (χ0) is 15.4. The van der Waals surface area contributed by atoms with Gasteiger partial charge in [0, 0.05) is 4.47 Å². The highest BCUT2D eigenvalue weighted by molar-refractivity contribution is 9.10. The fourth-order valence-corrected chi connectivity index (χ4v) is 2.22. The second-order valence-corrected chi connectivity index (χ2v) is 4.96. The van der Waals surface area contributed by atoms with Gasteiger partial charge in [-0.1, -0.05) is 28.1 Å². The molecule has 110 valence electrons. The van der Waals surface area contributed by atoms with E-state index in [1.54, 1.807) is 24.3 Å². The highest BCUT2D eigenvalue weighted by Gasteiger charge is 2.20. The lowest BCUT2D eigenvalue weighted by atomic mass is 10.0. The Balaban J connectivity index is 2.48. The molecule has 0 spiro atoms. The van der Waals surface area contributed by atoms with Crippen molar-refractivity contribution in [2.24, 2.45) is 0 Å². The second-order valence-electron chi connectivity index (χ2n) is 4.05. The number of hydrogen-bond donors (Lipinski definition) is 0. The Bertz CT molecular complexity index is 659. The van der Waals surface area contributed by atoms with E-state index in [-0.39, 0.29) is 16.9 Å². The zero-order valence-electron chi connectivity index (χ0n) is 11.0. The fourth-order valence-electron chi connectivity index (χ4n) is 1.86. The van der Waals surface area contributed by atoms with E-state index in [1.807, 2.05) is 0 Å². The van der Waals surface area contributed by atoms with Crippen molar-refractivity contribution in [1.29, 1.82) is 0 Å². The normalized spacial score (nSPS) is 10.5. The predicted molar refractivity (Wildman–Crippen MR) is 77.2 cm³/mol. The minimum atomic E-state index is -3.00. The number of ether oxygens (including phenoxy) is 2. The molecule has 0 fully saturated rings. The molecule has 0 atom stereocenters. The van der Waals surface area contributed by atoms with Crippen LogP contribution in [-0.2, 0) is 0 Å². The molecule has 0 aliphatic carbocycles. The summed E-state index contributed by atoms with van der Waals surface area (Å²) in [6.45, 7) is -3.00. The van der Waals surface area contributed by atoms with Gasteiger partial charge in [0.05, 0.1) is 18.2 Å². The van der Waals surface area contributed by atoms with Gasteiger partial charge in [-0.05, 0) is 30.3 Å². The van der Waals surface area contributed by atoms with Gasteiger partial charge in [-0.2, -0.15) is 8.78 Å². The molecule has 3 nitrogen and oxygen atoms in total. The molecular formula is C15H11BrF2O3. The topological polar surface area (TPSA) is 35.5 Å². The van der Waals surface area contributed by atoms with Crippen LogP contribution in [0.2, 0.25) is 0 Å². The highest BCUT2D eigenvalue weighted by Crippen LogP contribution is 2.29. The number of hydrogen-bond acceptors (Lipinski definition) is 3. The molecule has 21 heavy (non-hydrogen) atoms. The third-order valence-corrected chi connectivity index (χ3v) is 3.25. The van der Waals surface area contributed by atoms with Gasteiger partial charge in [0.1, 0.15) is 11.5 Å². The summed E-state index contributed by atoms with van der Waals surface area (Å²) < 4.78 is 35.0. The maximum Gasteiger partial charge on any atom is 0.387 e. The molecule has 0 bridgehead atoms. The number of halogens is 3. The molecule has 0 aliphatic rings. The number of benzene rings is 2. The van der Waals surface area contributed by atoms with Gasteiger partial charge in [-0.3, -0.25) is 4.79 Å². The third kappa shape index (κ3) is 3.58. The van der Waals surface area contributed by atoms with E-state index >= 15 is 0 Å². The van der Waals surface area contributed by atoms with Crippen molar-refractivity contribution < 1.29 is 23.0 Å². The predicted octanol–water partition coefficient (Wildman–Crippen LogP) is 4.29. The Hall–Kier alpha value is -1.95. The van der Waals surface area contributed by atoms with Gasteiger partial charge in [0.25, 0.3) is 0 Å². The monoisotopic (exact) mass is 356 g/mol. The lowest BCUT2D eigenvalue weighted by Gasteiger charge is -2.12. The number of carbonyl (C=O) groups excluding carboxylic acids is 1. The molecule has 0 aliphatic heterocycles. The van der Waals surface area contributed by atoms with Crippen LogP contribution < -0.4 is 9.47 Å². The van der Waals surface area contributed by atoms with E-state index in [4.69, 9.17) is 4.74 Å². The van der Waals surface area contributed by atoms with Gasteiger partial charge in [0.2, 0.25) is 5.78 Å². The van der Waals surface area contributed by atoms with Gasteiger partial charge in [0.15, 0.2) is 0 Å². The highest BCUT2D eigenvalue weighted by atomic mass is 79.9. The van der Waals surface area contributed by atoms with Crippen molar-refractivity contribution >= 4 is 21.7 Å². The van der Waals surface area contributed by atoms with Crippen LogP contribution in [0.5, 0.6) is 11.5 Å². The summed E-state index contributed by atoms with van der Waals surface area (Å²) in [5, 5.41) is 0. The number of ketones is 1. The first-order chi connectivity index (χ1) is 10.0. The molecule has 0 saturated heterocycles. The Morgan fingerprint density at radius 3 is 2.48 bits per heavy atom. The Morgan fingerprint density at radius 1 is 1.10 bits per heavy atom.